The maximum Gasteiger partial charge on any atom is 0.279 e. The minimum atomic E-state index is -0.806. The Kier molecular flexibility index (Phi) is 5.78. The molecule has 2 aromatic carbocycles. The number of methoxy groups -OCH3 is 1. The Hall–Kier alpha value is -3.02. The highest BCUT2D eigenvalue weighted by Crippen LogP contribution is 2.26. The van der Waals surface area contributed by atoms with E-state index in [4.69, 9.17) is 9.47 Å². The molecular weight excluding hydrogens is 308 g/mol. The lowest BCUT2D eigenvalue weighted by molar-refractivity contribution is -0.128. The number of carbonyl (C=O) groups excluding carboxylic acids is 2. The first kappa shape index (κ1) is 17.3. The van der Waals surface area contributed by atoms with Crippen molar-refractivity contribution in [3.63, 3.8) is 0 Å². The number of hydrogen-bond acceptors (Lipinski definition) is 4. The molecule has 1 unspecified atom stereocenters. The summed E-state index contributed by atoms with van der Waals surface area (Å²) in [6, 6.07) is 14.0. The minimum Gasteiger partial charge on any atom is -0.493 e. The van der Waals surface area contributed by atoms with E-state index < -0.39 is 17.9 Å². The average Bonchev–Trinajstić information content (AvgIpc) is 2.60. The largest absolute Gasteiger partial charge is 0.493 e. The van der Waals surface area contributed by atoms with Crippen molar-refractivity contribution in [2.45, 2.75) is 20.0 Å². The second kappa shape index (κ2) is 8.01. The molecule has 0 saturated carbocycles. The first-order valence-electron chi connectivity index (χ1n) is 7.48. The Morgan fingerprint density at radius 1 is 0.958 bits per heavy atom. The highest BCUT2D eigenvalue weighted by atomic mass is 16.5. The third kappa shape index (κ3) is 4.49. The molecule has 0 spiro atoms. The lowest BCUT2D eigenvalue weighted by atomic mass is 10.1. The zero-order valence-electron chi connectivity index (χ0n) is 13.8. The third-order valence-corrected chi connectivity index (χ3v) is 3.36. The highest BCUT2D eigenvalue weighted by Gasteiger charge is 2.17. The van der Waals surface area contributed by atoms with Crippen molar-refractivity contribution in [2.24, 2.45) is 0 Å². The van der Waals surface area contributed by atoms with Crippen LogP contribution in [0.1, 0.15) is 22.8 Å². The van der Waals surface area contributed by atoms with Crippen molar-refractivity contribution in [1.82, 2.24) is 10.9 Å². The molecule has 0 aliphatic rings. The summed E-state index contributed by atoms with van der Waals surface area (Å²) >= 11 is 0. The van der Waals surface area contributed by atoms with Crippen molar-refractivity contribution in [3.8, 4) is 11.5 Å². The van der Waals surface area contributed by atoms with Crippen LogP contribution < -0.4 is 20.3 Å². The van der Waals surface area contributed by atoms with Crippen LogP contribution in [-0.2, 0) is 4.79 Å². The number of rotatable bonds is 5. The van der Waals surface area contributed by atoms with Crippen LogP contribution in [0.3, 0.4) is 0 Å². The molecule has 126 valence electrons. The van der Waals surface area contributed by atoms with Crippen molar-refractivity contribution in [2.75, 3.05) is 7.11 Å². The van der Waals surface area contributed by atoms with E-state index in [1.165, 1.54) is 7.11 Å². The van der Waals surface area contributed by atoms with E-state index in [1.807, 2.05) is 19.1 Å². The predicted octanol–water partition coefficient (Wildman–Crippen LogP) is 2.23. The summed E-state index contributed by atoms with van der Waals surface area (Å²) in [5.41, 5.74) is 6.22. The molecule has 0 fully saturated rings. The molecule has 6 nitrogen and oxygen atoms in total. The second-order valence-corrected chi connectivity index (χ2v) is 5.22. The number of aryl methyl sites for hydroxylation is 1. The number of ether oxygens (including phenoxy) is 2. The molecule has 24 heavy (non-hydrogen) atoms. The van der Waals surface area contributed by atoms with Gasteiger partial charge in [-0.1, -0.05) is 29.8 Å². The summed E-state index contributed by atoms with van der Waals surface area (Å²) in [5, 5.41) is 0. The van der Waals surface area contributed by atoms with E-state index in [9.17, 15) is 9.59 Å². The fourth-order valence-electron chi connectivity index (χ4n) is 1.96. The number of hydrazine groups is 1. The van der Waals surface area contributed by atoms with Gasteiger partial charge in [-0.15, -0.1) is 0 Å². The molecule has 0 aliphatic carbocycles. The molecule has 2 N–H and O–H groups in total. The van der Waals surface area contributed by atoms with Gasteiger partial charge in [-0.2, -0.15) is 0 Å². The van der Waals surface area contributed by atoms with E-state index in [-0.39, 0.29) is 0 Å². The zero-order chi connectivity index (χ0) is 17.5. The van der Waals surface area contributed by atoms with Gasteiger partial charge in [-0.25, -0.2) is 0 Å². The van der Waals surface area contributed by atoms with Gasteiger partial charge >= 0.3 is 0 Å². The standard InChI is InChI=1S/C18H20N2O4/c1-12-8-10-14(11-9-12)18(22)20-19-17(21)13(2)24-16-7-5-4-6-15(16)23-3/h4-11,13H,1-3H3,(H,19,21)(H,20,22). The van der Waals surface area contributed by atoms with Crippen LogP contribution in [0.4, 0.5) is 0 Å². The van der Waals surface area contributed by atoms with Crippen LogP contribution in [0.25, 0.3) is 0 Å². The van der Waals surface area contributed by atoms with Crippen LogP contribution in [0.5, 0.6) is 11.5 Å². The molecule has 0 heterocycles. The van der Waals surface area contributed by atoms with Crippen LogP contribution in [0.15, 0.2) is 48.5 Å². The highest BCUT2D eigenvalue weighted by molar-refractivity contribution is 5.95. The predicted molar refractivity (Wildman–Crippen MR) is 89.9 cm³/mol. The van der Waals surface area contributed by atoms with Gasteiger partial charge in [0.05, 0.1) is 7.11 Å². The Morgan fingerprint density at radius 2 is 1.58 bits per heavy atom. The molecule has 0 aromatic heterocycles. The van der Waals surface area contributed by atoms with E-state index in [2.05, 4.69) is 10.9 Å². The van der Waals surface area contributed by atoms with E-state index in [0.717, 1.165) is 5.56 Å². The molecular formula is C18H20N2O4. The van der Waals surface area contributed by atoms with Crippen LogP contribution in [0.2, 0.25) is 0 Å². The van der Waals surface area contributed by atoms with Crippen molar-refractivity contribution in [1.29, 1.82) is 0 Å². The molecule has 1 atom stereocenters. The van der Waals surface area contributed by atoms with Gasteiger partial charge in [0.2, 0.25) is 0 Å². The smallest absolute Gasteiger partial charge is 0.279 e. The molecule has 0 bridgehead atoms. The monoisotopic (exact) mass is 328 g/mol. The SMILES string of the molecule is COc1ccccc1OC(C)C(=O)NNC(=O)c1ccc(C)cc1. The number of hydrogen-bond donors (Lipinski definition) is 2. The van der Waals surface area contributed by atoms with Gasteiger partial charge in [-0.3, -0.25) is 20.4 Å². The fraction of sp³-hybridized carbons (Fsp3) is 0.222. The second-order valence-electron chi connectivity index (χ2n) is 5.22. The number of nitrogens with one attached hydrogen (secondary N) is 2. The maximum absolute atomic E-state index is 12.0. The zero-order valence-corrected chi connectivity index (χ0v) is 13.8. The molecule has 0 aliphatic heterocycles. The van der Waals surface area contributed by atoms with Gasteiger partial charge in [0.1, 0.15) is 0 Å². The van der Waals surface area contributed by atoms with Crippen LogP contribution in [-0.4, -0.2) is 25.0 Å². The van der Waals surface area contributed by atoms with Crippen LogP contribution >= 0.6 is 0 Å². The first-order valence-corrected chi connectivity index (χ1v) is 7.48. The Labute approximate surface area is 140 Å². The number of benzene rings is 2. The summed E-state index contributed by atoms with van der Waals surface area (Å²) in [4.78, 5) is 24.0. The quantitative estimate of drug-likeness (QED) is 0.825. The molecule has 6 heteroatoms. The van der Waals surface area contributed by atoms with E-state index in [0.29, 0.717) is 17.1 Å². The fourth-order valence-corrected chi connectivity index (χ4v) is 1.96. The molecule has 0 saturated heterocycles. The average molecular weight is 328 g/mol. The van der Waals surface area contributed by atoms with Crippen molar-refractivity contribution in [3.05, 3.63) is 59.7 Å². The summed E-state index contributed by atoms with van der Waals surface area (Å²) in [7, 11) is 1.52. The Bertz CT molecular complexity index is 713. The molecule has 0 radical (unpaired) electrons. The number of amides is 2. The minimum absolute atomic E-state index is 0.396. The first-order chi connectivity index (χ1) is 11.5. The van der Waals surface area contributed by atoms with Gasteiger partial charge in [-0.05, 0) is 38.1 Å². The maximum atomic E-state index is 12.0. The van der Waals surface area contributed by atoms with Crippen LogP contribution in [0, 0.1) is 6.92 Å². The van der Waals surface area contributed by atoms with Crippen molar-refractivity contribution >= 4 is 11.8 Å². The van der Waals surface area contributed by atoms with Crippen molar-refractivity contribution < 1.29 is 19.1 Å². The number of carbonyl (C=O) groups is 2. The van der Waals surface area contributed by atoms with Gasteiger partial charge in [0.15, 0.2) is 17.6 Å². The van der Waals surface area contributed by atoms with E-state index in [1.54, 1.807) is 43.3 Å². The van der Waals surface area contributed by atoms with Gasteiger partial charge in [0, 0.05) is 5.56 Å². The molecule has 2 aromatic rings. The van der Waals surface area contributed by atoms with E-state index >= 15 is 0 Å². The van der Waals surface area contributed by atoms with Gasteiger partial charge in [0.25, 0.3) is 11.8 Å². The number of para-hydroxylation sites is 2. The Balaban J connectivity index is 1.89. The molecule has 2 rings (SSSR count). The molecule has 2 amide bonds. The topological polar surface area (TPSA) is 76.7 Å². The summed E-state index contributed by atoms with van der Waals surface area (Å²) in [6.07, 6.45) is -0.806. The normalized spacial score (nSPS) is 11.3. The third-order valence-electron chi connectivity index (χ3n) is 3.36. The summed E-state index contributed by atoms with van der Waals surface area (Å²) < 4.78 is 10.7. The lowest BCUT2D eigenvalue weighted by Gasteiger charge is -2.16. The summed E-state index contributed by atoms with van der Waals surface area (Å²) in [6.45, 7) is 3.51. The van der Waals surface area contributed by atoms with Gasteiger partial charge < -0.3 is 9.47 Å². The summed E-state index contributed by atoms with van der Waals surface area (Å²) in [5.74, 6) is 0.113. The lowest BCUT2D eigenvalue weighted by Crippen LogP contribution is -2.47. The Morgan fingerprint density at radius 3 is 2.21 bits per heavy atom.